The molecule has 0 saturated carbocycles. The summed E-state index contributed by atoms with van der Waals surface area (Å²) in [5, 5.41) is 0.130. The fourth-order valence-corrected chi connectivity index (χ4v) is 4.70. The average molecular weight is 534 g/mol. The average Bonchev–Trinajstić information content (AvgIpc) is 2.37. The zero-order valence-corrected chi connectivity index (χ0v) is 19.3. The molecule has 0 radical (unpaired) electrons. The Morgan fingerprint density at radius 3 is 1.67 bits per heavy atom. The Morgan fingerprint density at radius 1 is 0.857 bits per heavy atom. The summed E-state index contributed by atoms with van der Waals surface area (Å²) in [5.74, 6) is 2.27. The van der Waals surface area contributed by atoms with E-state index in [2.05, 4.69) is 86.0 Å². The van der Waals surface area contributed by atoms with Crippen LogP contribution in [0.25, 0.3) is 0 Å². The van der Waals surface area contributed by atoms with Gasteiger partial charge in [0.1, 0.15) is 0 Å². The van der Waals surface area contributed by atoms with Crippen molar-refractivity contribution >= 4 is 53.5 Å². The van der Waals surface area contributed by atoms with E-state index in [0.29, 0.717) is 5.75 Å². The van der Waals surface area contributed by atoms with Gasteiger partial charge in [0.25, 0.3) is 8.32 Å². The van der Waals surface area contributed by atoms with Gasteiger partial charge in [0.15, 0.2) is 11.5 Å². The van der Waals surface area contributed by atoms with E-state index in [9.17, 15) is 0 Å². The number of rotatable bonds is 4. The molecule has 120 valence electrons. The summed E-state index contributed by atoms with van der Waals surface area (Å²) in [6.07, 6.45) is 0. The minimum atomic E-state index is -1.94. The molecule has 0 aliphatic heterocycles. The predicted molar refractivity (Wildman–Crippen MR) is 108 cm³/mol. The molecule has 0 spiro atoms. The Labute approximate surface area is 156 Å². The Bertz CT molecular complexity index is 537. The topological polar surface area (TPSA) is 27.7 Å². The molecule has 1 aromatic carbocycles. The van der Waals surface area contributed by atoms with E-state index in [4.69, 9.17) is 13.9 Å². The summed E-state index contributed by atoms with van der Waals surface area (Å²) in [6, 6.07) is 0. The van der Waals surface area contributed by atoms with E-state index in [-0.39, 0.29) is 5.04 Å². The van der Waals surface area contributed by atoms with Crippen LogP contribution in [0, 0.1) is 14.1 Å². The molecule has 1 aromatic rings. The van der Waals surface area contributed by atoms with Gasteiger partial charge in [0, 0.05) is 0 Å². The van der Waals surface area contributed by atoms with Crippen LogP contribution in [-0.2, 0) is 0 Å². The van der Waals surface area contributed by atoms with E-state index in [0.717, 1.165) is 18.6 Å². The summed E-state index contributed by atoms with van der Waals surface area (Å²) in [4.78, 5) is 0. The van der Waals surface area contributed by atoms with E-state index < -0.39 is 8.32 Å². The molecule has 21 heavy (non-hydrogen) atoms. The monoisotopic (exact) mass is 534 g/mol. The van der Waals surface area contributed by atoms with Crippen molar-refractivity contribution < 1.29 is 13.9 Å². The van der Waals surface area contributed by atoms with Gasteiger partial charge in [-0.2, -0.15) is 0 Å². The maximum atomic E-state index is 6.52. The van der Waals surface area contributed by atoms with Crippen LogP contribution in [0.2, 0.25) is 18.1 Å². The van der Waals surface area contributed by atoms with Crippen molar-refractivity contribution in [2.45, 2.75) is 45.8 Å². The van der Waals surface area contributed by atoms with Crippen molar-refractivity contribution in [1.29, 1.82) is 0 Å². The molecular formula is C15H24I2O3Si. The smallest absolute Gasteiger partial charge is 0.250 e. The highest BCUT2D eigenvalue weighted by atomic mass is 127. The third-order valence-electron chi connectivity index (χ3n) is 4.04. The highest BCUT2D eigenvalue weighted by Gasteiger charge is 2.40. The van der Waals surface area contributed by atoms with Gasteiger partial charge in [0.2, 0.25) is 5.75 Å². The van der Waals surface area contributed by atoms with Crippen LogP contribution in [-0.4, -0.2) is 22.5 Å². The molecular weight excluding hydrogens is 510 g/mol. The van der Waals surface area contributed by atoms with Gasteiger partial charge < -0.3 is 13.9 Å². The molecule has 0 aliphatic rings. The lowest BCUT2D eigenvalue weighted by Gasteiger charge is -2.37. The summed E-state index contributed by atoms with van der Waals surface area (Å²) >= 11 is 4.63. The van der Waals surface area contributed by atoms with E-state index >= 15 is 0 Å². The van der Waals surface area contributed by atoms with Crippen molar-refractivity contribution in [2.75, 3.05) is 14.2 Å². The molecule has 0 amide bonds. The first-order chi connectivity index (χ1) is 9.47. The highest BCUT2D eigenvalue weighted by molar-refractivity contribution is 14.1. The lowest BCUT2D eigenvalue weighted by Crippen LogP contribution is -2.44. The number of benzene rings is 1. The maximum Gasteiger partial charge on any atom is 0.250 e. The van der Waals surface area contributed by atoms with Gasteiger partial charge in [0.05, 0.1) is 21.4 Å². The molecule has 0 N–H and O–H groups in total. The molecule has 0 aliphatic carbocycles. The first-order valence-electron chi connectivity index (χ1n) is 6.76. The minimum Gasteiger partial charge on any atom is -0.540 e. The predicted octanol–water partition coefficient (Wildman–Crippen LogP) is 5.61. The van der Waals surface area contributed by atoms with Crippen LogP contribution in [0.3, 0.4) is 0 Å². The molecule has 1 rings (SSSR count). The summed E-state index contributed by atoms with van der Waals surface area (Å²) in [5.41, 5.74) is 1.17. The molecule has 0 saturated heterocycles. The van der Waals surface area contributed by atoms with E-state index in [1.54, 1.807) is 14.2 Å². The van der Waals surface area contributed by atoms with Gasteiger partial charge in [-0.15, -0.1) is 0 Å². The van der Waals surface area contributed by atoms with Crippen LogP contribution >= 0.6 is 45.2 Å². The van der Waals surface area contributed by atoms with Crippen LogP contribution < -0.4 is 13.9 Å². The van der Waals surface area contributed by atoms with Crippen molar-refractivity contribution in [1.82, 2.24) is 0 Å². The Kier molecular flexibility index (Phi) is 6.28. The van der Waals surface area contributed by atoms with Gasteiger partial charge in [-0.1, -0.05) is 20.8 Å². The van der Waals surface area contributed by atoms with Crippen molar-refractivity contribution in [3.63, 3.8) is 0 Å². The molecule has 6 heteroatoms. The third kappa shape index (κ3) is 3.80. The number of ether oxygens (including phenoxy) is 2. The second kappa shape index (κ2) is 6.82. The van der Waals surface area contributed by atoms with Gasteiger partial charge in [-0.3, -0.25) is 0 Å². The zero-order chi connectivity index (χ0) is 16.6. The number of hydrogen-bond acceptors (Lipinski definition) is 3. The lowest BCUT2D eigenvalue weighted by molar-refractivity contribution is 0.337. The highest BCUT2D eigenvalue weighted by Crippen LogP contribution is 2.49. The van der Waals surface area contributed by atoms with Crippen molar-refractivity contribution in [3.8, 4) is 17.2 Å². The Balaban J connectivity index is 3.53. The minimum absolute atomic E-state index is 0.130. The molecule has 0 unspecified atom stereocenters. The molecule has 0 bridgehead atoms. The van der Waals surface area contributed by atoms with Crippen LogP contribution in [0.1, 0.15) is 26.3 Å². The molecule has 0 atom stereocenters. The first-order valence-corrected chi connectivity index (χ1v) is 11.8. The van der Waals surface area contributed by atoms with E-state index in [1.807, 2.05) is 0 Å². The number of halogens is 2. The Hall–Kier alpha value is 0.297. The summed E-state index contributed by atoms with van der Waals surface area (Å²) in [6.45, 7) is 13.3. The van der Waals surface area contributed by atoms with Gasteiger partial charge >= 0.3 is 0 Å². The van der Waals surface area contributed by atoms with E-state index in [1.165, 1.54) is 5.56 Å². The molecule has 0 fully saturated rings. The lowest BCUT2D eigenvalue weighted by atomic mass is 10.2. The first kappa shape index (κ1) is 19.3. The molecule has 3 nitrogen and oxygen atoms in total. The summed E-state index contributed by atoms with van der Waals surface area (Å²) in [7, 11) is 1.39. The second-order valence-electron chi connectivity index (χ2n) is 6.51. The summed E-state index contributed by atoms with van der Waals surface area (Å²) < 4.78 is 19.8. The third-order valence-corrected chi connectivity index (χ3v) is 11.0. The standard InChI is InChI=1S/C15H24I2O3Si/c1-9-10(16)12(18-5)14(19-6)13(11(9)17)20-21(7,8)15(2,3)4/h1-8H3. The quantitative estimate of drug-likeness (QED) is 0.372. The largest absolute Gasteiger partial charge is 0.540 e. The maximum absolute atomic E-state index is 6.52. The van der Waals surface area contributed by atoms with Crippen LogP contribution in [0.15, 0.2) is 0 Å². The Morgan fingerprint density at radius 2 is 1.29 bits per heavy atom. The fourth-order valence-electron chi connectivity index (χ4n) is 1.61. The number of hydrogen-bond donors (Lipinski definition) is 0. The number of methoxy groups -OCH3 is 2. The van der Waals surface area contributed by atoms with Crippen molar-refractivity contribution in [2.24, 2.45) is 0 Å². The molecule has 0 aromatic heterocycles. The fraction of sp³-hybridized carbons (Fsp3) is 0.600. The second-order valence-corrected chi connectivity index (χ2v) is 13.4. The SMILES string of the molecule is COc1c(I)c(C)c(I)c(O[Si](C)(C)C(C)(C)C)c1OC. The normalized spacial score (nSPS) is 12.3. The van der Waals surface area contributed by atoms with Crippen LogP contribution in [0.4, 0.5) is 0 Å². The van der Waals surface area contributed by atoms with Crippen LogP contribution in [0.5, 0.6) is 17.2 Å². The molecule has 0 heterocycles. The van der Waals surface area contributed by atoms with Gasteiger partial charge in [-0.05, 0) is 75.8 Å². The van der Waals surface area contributed by atoms with Gasteiger partial charge in [-0.25, -0.2) is 0 Å². The zero-order valence-electron chi connectivity index (χ0n) is 14.0. The van der Waals surface area contributed by atoms with Crippen molar-refractivity contribution in [3.05, 3.63) is 12.7 Å².